The molecule has 0 aromatic carbocycles. The molecule has 1 aliphatic heterocycles. The van der Waals surface area contributed by atoms with Crippen LogP contribution < -0.4 is 0 Å². The van der Waals surface area contributed by atoms with Crippen molar-refractivity contribution in [3.63, 3.8) is 0 Å². The maximum Gasteiger partial charge on any atom is 0.264 e. The Kier molecular flexibility index (Phi) is 4.63. The second kappa shape index (κ2) is 5.82. The van der Waals surface area contributed by atoms with Crippen LogP contribution in [-0.4, -0.2) is 37.6 Å². The first-order valence-corrected chi connectivity index (χ1v) is 7.75. The first-order chi connectivity index (χ1) is 8.11. The SMILES string of the molecule is COCC1CCN(C(=O)c2cc(Br)c(Br)s2)C1. The molecule has 0 N–H and O–H groups in total. The van der Waals surface area contributed by atoms with Gasteiger partial charge in [-0.15, -0.1) is 11.3 Å². The fourth-order valence-corrected chi connectivity index (χ4v) is 4.00. The molecule has 1 aliphatic rings. The van der Waals surface area contributed by atoms with Gasteiger partial charge in [-0.25, -0.2) is 0 Å². The summed E-state index contributed by atoms with van der Waals surface area (Å²) in [5.74, 6) is 0.607. The molecule has 3 nitrogen and oxygen atoms in total. The fourth-order valence-electron chi connectivity index (χ4n) is 2.00. The normalized spacial score (nSPS) is 19.9. The van der Waals surface area contributed by atoms with E-state index in [1.165, 1.54) is 11.3 Å². The maximum absolute atomic E-state index is 12.2. The molecule has 0 saturated carbocycles. The number of amides is 1. The lowest BCUT2D eigenvalue weighted by molar-refractivity contribution is 0.0780. The molecule has 0 spiro atoms. The first kappa shape index (κ1) is 13.5. The highest BCUT2D eigenvalue weighted by Crippen LogP contribution is 2.33. The molecule has 1 aromatic rings. The van der Waals surface area contributed by atoms with Crippen molar-refractivity contribution in [1.29, 1.82) is 0 Å². The zero-order valence-electron chi connectivity index (χ0n) is 9.41. The van der Waals surface area contributed by atoms with Crippen molar-refractivity contribution in [3.05, 3.63) is 19.2 Å². The summed E-state index contributed by atoms with van der Waals surface area (Å²) in [6.07, 6.45) is 1.04. The third-order valence-corrected chi connectivity index (χ3v) is 6.08. The number of carbonyl (C=O) groups excluding carboxylic acids is 1. The van der Waals surface area contributed by atoms with Gasteiger partial charge < -0.3 is 9.64 Å². The molecule has 1 amide bonds. The molecule has 6 heteroatoms. The van der Waals surface area contributed by atoms with Crippen LogP contribution in [0.15, 0.2) is 14.3 Å². The topological polar surface area (TPSA) is 29.5 Å². The van der Waals surface area contributed by atoms with Crippen LogP contribution in [0.3, 0.4) is 0 Å². The molecule has 0 radical (unpaired) electrons. The molecule has 94 valence electrons. The van der Waals surface area contributed by atoms with E-state index in [1.807, 2.05) is 11.0 Å². The summed E-state index contributed by atoms with van der Waals surface area (Å²) in [7, 11) is 1.71. The average Bonchev–Trinajstić information content (AvgIpc) is 2.87. The number of hydrogen-bond donors (Lipinski definition) is 0. The maximum atomic E-state index is 12.2. The van der Waals surface area contributed by atoms with Crippen LogP contribution in [-0.2, 0) is 4.74 Å². The van der Waals surface area contributed by atoms with E-state index in [-0.39, 0.29) is 5.91 Å². The predicted octanol–water partition coefficient (Wildman–Crippen LogP) is 3.38. The summed E-state index contributed by atoms with van der Waals surface area (Å²) < 4.78 is 7.04. The van der Waals surface area contributed by atoms with Crippen molar-refractivity contribution >= 4 is 49.1 Å². The molecule has 2 heterocycles. The zero-order chi connectivity index (χ0) is 12.4. The van der Waals surface area contributed by atoms with Crippen molar-refractivity contribution < 1.29 is 9.53 Å². The molecule has 1 unspecified atom stereocenters. The van der Waals surface area contributed by atoms with Crippen LogP contribution in [0.5, 0.6) is 0 Å². The first-order valence-electron chi connectivity index (χ1n) is 5.35. The van der Waals surface area contributed by atoms with Gasteiger partial charge in [0, 0.05) is 30.6 Å². The smallest absolute Gasteiger partial charge is 0.264 e. The molecule has 1 atom stereocenters. The van der Waals surface area contributed by atoms with Crippen molar-refractivity contribution in [2.45, 2.75) is 6.42 Å². The van der Waals surface area contributed by atoms with Crippen molar-refractivity contribution in [2.75, 3.05) is 26.8 Å². The lowest BCUT2D eigenvalue weighted by Crippen LogP contribution is -2.28. The van der Waals surface area contributed by atoms with Crippen LogP contribution >= 0.6 is 43.2 Å². The van der Waals surface area contributed by atoms with Gasteiger partial charge in [-0.1, -0.05) is 0 Å². The number of likely N-dealkylation sites (tertiary alicyclic amines) is 1. The number of thiophene rings is 1. The molecular formula is C11H13Br2NO2S. The molecule has 17 heavy (non-hydrogen) atoms. The number of rotatable bonds is 3. The minimum atomic E-state index is 0.125. The van der Waals surface area contributed by atoms with Gasteiger partial charge in [0.15, 0.2) is 0 Å². The van der Waals surface area contributed by atoms with Gasteiger partial charge in [-0.3, -0.25) is 4.79 Å². The summed E-state index contributed by atoms with van der Waals surface area (Å²) in [4.78, 5) is 14.9. The largest absolute Gasteiger partial charge is 0.384 e. The van der Waals surface area contributed by atoms with Crippen LogP contribution in [0.2, 0.25) is 0 Å². The second-order valence-corrected chi connectivity index (χ2v) is 7.32. The lowest BCUT2D eigenvalue weighted by atomic mass is 10.1. The minimum Gasteiger partial charge on any atom is -0.384 e. The summed E-state index contributed by atoms with van der Waals surface area (Å²) in [5, 5.41) is 0. The van der Waals surface area contributed by atoms with Gasteiger partial charge in [-0.2, -0.15) is 0 Å². The average molecular weight is 383 g/mol. The summed E-state index contributed by atoms with van der Waals surface area (Å²) in [5.41, 5.74) is 0. The molecule has 2 rings (SSSR count). The molecule has 1 fully saturated rings. The van der Waals surface area contributed by atoms with Gasteiger partial charge in [-0.05, 0) is 44.3 Å². The highest BCUT2D eigenvalue weighted by Gasteiger charge is 2.27. The van der Waals surface area contributed by atoms with Crippen LogP contribution in [0.1, 0.15) is 16.1 Å². The highest BCUT2D eigenvalue weighted by molar-refractivity contribution is 9.13. The van der Waals surface area contributed by atoms with E-state index in [0.29, 0.717) is 5.92 Å². The van der Waals surface area contributed by atoms with E-state index in [9.17, 15) is 4.79 Å². The van der Waals surface area contributed by atoms with Gasteiger partial charge in [0.25, 0.3) is 5.91 Å². The van der Waals surface area contributed by atoms with Crippen molar-refractivity contribution in [1.82, 2.24) is 4.90 Å². The summed E-state index contributed by atoms with van der Waals surface area (Å²) in [6, 6.07) is 1.88. The Bertz CT molecular complexity index is 402. The molecule has 0 bridgehead atoms. The third kappa shape index (κ3) is 3.10. The highest BCUT2D eigenvalue weighted by atomic mass is 79.9. The van der Waals surface area contributed by atoms with Crippen molar-refractivity contribution in [3.8, 4) is 0 Å². The molecule has 1 saturated heterocycles. The lowest BCUT2D eigenvalue weighted by Gasteiger charge is -2.15. The van der Waals surface area contributed by atoms with Crippen molar-refractivity contribution in [2.24, 2.45) is 5.92 Å². The van der Waals surface area contributed by atoms with Crippen LogP contribution in [0, 0.1) is 5.92 Å². The van der Waals surface area contributed by atoms with Gasteiger partial charge in [0.1, 0.15) is 0 Å². The molecule has 1 aromatic heterocycles. The minimum absolute atomic E-state index is 0.125. The Morgan fingerprint density at radius 2 is 2.41 bits per heavy atom. The third-order valence-electron chi connectivity index (χ3n) is 2.83. The monoisotopic (exact) mass is 381 g/mol. The van der Waals surface area contributed by atoms with E-state index in [4.69, 9.17) is 4.74 Å². The number of hydrogen-bond acceptors (Lipinski definition) is 3. The standard InChI is InChI=1S/C11H13Br2NO2S/c1-16-6-7-2-3-14(5-7)11(15)9-4-8(12)10(13)17-9/h4,7H,2-3,5-6H2,1H3. The molecular weight excluding hydrogens is 370 g/mol. The van der Waals surface area contributed by atoms with Gasteiger partial charge >= 0.3 is 0 Å². The van der Waals surface area contributed by atoms with Crippen LogP contribution in [0.25, 0.3) is 0 Å². The Hall–Kier alpha value is 0.0900. The Balaban J connectivity index is 2.02. The number of nitrogens with zero attached hydrogens (tertiary/aromatic N) is 1. The number of carbonyl (C=O) groups is 1. The number of ether oxygens (including phenoxy) is 1. The van der Waals surface area contributed by atoms with E-state index in [0.717, 1.165) is 39.3 Å². The van der Waals surface area contributed by atoms with Gasteiger partial charge in [0.2, 0.25) is 0 Å². The van der Waals surface area contributed by atoms with Crippen LogP contribution in [0.4, 0.5) is 0 Å². The second-order valence-electron chi connectivity index (χ2n) is 4.09. The molecule has 0 aliphatic carbocycles. The number of halogens is 2. The van der Waals surface area contributed by atoms with E-state index in [2.05, 4.69) is 31.9 Å². The summed E-state index contributed by atoms with van der Waals surface area (Å²) in [6.45, 7) is 2.38. The predicted molar refractivity (Wildman–Crippen MR) is 75.6 cm³/mol. The fraction of sp³-hybridized carbons (Fsp3) is 0.545. The van der Waals surface area contributed by atoms with E-state index >= 15 is 0 Å². The quantitative estimate of drug-likeness (QED) is 0.801. The zero-order valence-corrected chi connectivity index (χ0v) is 13.4. The van der Waals surface area contributed by atoms with E-state index < -0.39 is 0 Å². The van der Waals surface area contributed by atoms with Gasteiger partial charge in [0.05, 0.1) is 15.3 Å². The Morgan fingerprint density at radius 3 is 3.00 bits per heavy atom. The van der Waals surface area contributed by atoms with E-state index in [1.54, 1.807) is 7.11 Å². The Labute approximate surface area is 121 Å². The summed E-state index contributed by atoms with van der Waals surface area (Å²) >= 11 is 8.28. The number of methoxy groups -OCH3 is 1. The Morgan fingerprint density at radius 1 is 1.65 bits per heavy atom.